The Morgan fingerprint density at radius 2 is 1.34 bits per heavy atom. The molecule has 41 heavy (non-hydrogen) atoms. The van der Waals surface area contributed by atoms with Gasteiger partial charge in [-0.3, -0.25) is 9.80 Å². The van der Waals surface area contributed by atoms with Gasteiger partial charge in [0.05, 0.1) is 29.8 Å². The fourth-order valence-corrected chi connectivity index (χ4v) is 11.8. The lowest BCUT2D eigenvalue weighted by Crippen LogP contribution is -2.65. The smallest absolute Gasteiger partial charge is 0.126 e. The Balaban J connectivity index is 1.24. The molecule has 5 fully saturated rings. The molecule has 0 saturated carbocycles. The van der Waals surface area contributed by atoms with Crippen LogP contribution in [0.4, 0.5) is 0 Å². The second-order valence-electron chi connectivity index (χ2n) is 13.9. The van der Waals surface area contributed by atoms with Crippen LogP contribution < -0.4 is 0 Å². The van der Waals surface area contributed by atoms with E-state index in [1.165, 1.54) is 68.9 Å². The minimum absolute atomic E-state index is 0.0836. The van der Waals surface area contributed by atoms with Crippen LogP contribution in [0, 0.1) is 17.3 Å². The minimum Gasteiger partial charge on any atom is -0.472 e. The Kier molecular flexibility index (Phi) is 7.89. The highest BCUT2D eigenvalue weighted by atomic mass is 32.2. The summed E-state index contributed by atoms with van der Waals surface area (Å²) in [6.07, 6.45) is 19.0. The van der Waals surface area contributed by atoms with Crippen LogP contribution in [0.2, 0.25) is 0 Å². The van der Waals surface area contributed by atoms with E-state index in [1.54, 1.807) is 0 Å². The van der Waals surface area contributed by atoms with E-state index in [1.807, 2.05) is 25.1 Å². The fraction of sp³-hybridized carbons (Fsp3) is 0.765. The summed E-state index contributed by atoms with van der Waals surface area (Å²) >= 11 is 2.23. The van der Waals surface area contributed by atoms with Crippen molar-refractivity contribution in [3.8, 4) is 0 Å². The number of nitrogens with zero attached hydrogens (tertiary/aromatic N) is 2. The first-order valence-corrected chi connectivity index (χ1v) is 17.4. The van der Waals surface area contributed by atoms with Gasteiger partial charge in [0.2, 0.25) is 0 Å². The summed E-state index contributed by atoms with van der Waals surface area (Å²) in [6, 6.07) is 6.25. The summed E-state index contributed by atoms with van der Waals surface area (Å²) in [5.74, 6) is 2.54. The molecule has 0 aliphatic carbocycles. The van der Waals surface area contributed by atoms with E-state index in [2.05, 4.69) is 61.4 Å². The highest BCUT2D eigenvalue weighted by Gasteiger charge is 2.64. The first-order chi connectivity index (χ1) is 20.0. The molecule has 6 nitrogen and oxygen atoms in total. The zero-order chi connectivity index (χ0) is 28.2. The number of hydrogen-bond donors (Lipinski definition) is 0. The number of piperidine rings is 4. The number of ether oxygens (including phenoxy) is 2. The van der Waals surface area contributed by atoms with Crippen LogP contribution in [0.25, 0.3) is 0 Å². The predicted molar refractivity (Wildman–Crippen MR) is 162 cm³/mol. The van der Waals surface area contributed by atoms with Crippen molar-refractivity contribution in [3.63, 3.8) is 0 Å². The summed E-state index contributed by atoms with van der Waals surface area (Å²) < 4.78 is 25.1. The van der Waals surface area contributed by atoms with Gasteiger partial charge in [-0.05, 0) is 95.6 Å². The van der Waals surface area contributed by atoms with Gasteiger partial charge in [-0.2, -0.15) is 11.8 Å². The van der Waals surface area contributed by atoms with Crippen molar-refractivity contribution in [3.05, 3.63) is 48.3 Å². The molecule has 2 aromatic heterocycles. The third-order valence-corrected chi connectivity index (χ3v) is 13.6. The maximum Gasteiger partial charge on any atom is 0.126 e. The van der Waals surface area contributed by atoms with Gasteiger partial charge in [0.25, 0.3) is 0 Å². The third-order valence-electron chi connectivity index (χ3n) is 11.7. The number of furan rings is 2. The van der Waals surface area contributed by atoms with Gasteiger partial charge < -0.3 is 18.3 Å². The lowest BCUT2D eigenvalue weighted by atomic mass is 9.65. The van der Waals surface area contributed by atoms with Gasteiger partial charge in [0.15, 0.2) is 0 Å². The summed E-state index contributed by atoms with van der Waals surface area (Å²) in [5, 5.41) is 0. The molecule has 0 aromatic carbocycles. The van der Waals surface area contributed by atoms with Crippen LogP contribution in [-0.4, -0.2) is 58.1 Å². The molecule has 5 aliphatic heterocycles. The lowest BCUT2D eigenvalue weighted by molar-refractivity contribution is -0.215. The van der Waals surface area contributed by atoms with E-state index < -0.39 is 0 Å². The minimum atomic E-state index is 0.0836. The standard InChI is InChI=1S/C34H50N2O4S/c1-5-39-31-33(15-11-27-23(3)7-9-29(35(27)31)25-13-17-37-19-25)21-34(41-22-33)16-12-28-24(4)8-10-30(26-14-18-38-20-26)36(28)32(34)40-6-2/h13-14,17-20,23-24,27-32H,5-12,15-16,21-22H2,1-4H3/t23-,24-,27+,28+,29+,30+,31-,32-,33-,34-/m1/s1. The van der Waals surface area contributed by atoms with Gasteiger partial charge in [0.1, 0.15) is 12.5 Å². The van der Waals surface area contributed by atoms with Crippen molar-refractivity contribution < 1.29 is 18.3 Å². The van der Waals surface area contributed by atoms with Crippen molar-refractivity contribution in [1.82, 2.24) is 9.80 Å². The second kappa shape index (κ2) is 11.4. The SMILES string of the molecule is CCO[C@H]1N2[C@H](c3ccoc3)CC[C@@H](C)[C@@H]2CC[C@@]12CS[C@]1(CC[C@H]3[C@H](C)CC[C@@H](c4ccoc4)N3[C@@H]1OCC)C2. The number of rotatable bonds is 6. The average molecular weight is 583 g/mol. The van der Waals surface area contributed by atoms with Crippen LogP contribution in [0.15, 0.2) is 46.0 Å². The van der Waals surface area contributed by atoms with E-state index in [9.17, 15) is 0 Å². The zero-order valence-electron chi connectivity index (χ0n) is 25.5. The molecule has 0 N–H and O–H groups in total. The number of fused-ring (bicyclic) bond motifs is 2. The van der Waals surface area contributed by atoms with Crippen LogP contribution in [0.1, 0.15) is 109 Å². The van der Waals surface area contributed by atoms with Gasteiger partial charge >= 0.3 is 0 Å². The second-order valence-corrected chi connectivity index (χ2v) is 15.3. The molecular weight excluding hydrogens is 532 g/mol. The van der Waals surface area contributed by atoms with Crippen molar-refractivity contribution in [2.75, 3.05) is 19.0 Å². The van der Waals surface area contributed by atoms with Gasteiger partial charge in [-0.15, -0.1) is 0 Å². The summed E-state index contributed by atoms with van der Waals surface area (Å²) in [6.45, 7) is 10.8. The van der Waals surface area contributed by atoms with Crippen LogP contribution in [-0.2, 0) is 9.47 Å². The van der Waals surface area contributed by atoms with E-state index in [0.29, 0.717) is 36.0 Å². The van der Waals surface area contributed by atoms with E-state index in [0.717, 1.165) is 19.0 Å². The first kappa shape index (κ1) is 28.5. The Morgan fingerprint density at radius 3 is 1.90 bits per heavy atom. The van der Waals surface area contributed by atoms with E-state index in [4.69, 9.17) is 18.3 Å². The molecule has 5 saturated heterocycles. The molecule has 0 bridgehead atoms. The molecule has 0 amide bonds. The molecule has 226 valence electrons. The Bertz CT molecular complexity index is 1050. The molecule has 2 aromatic rings. The first-order valence-electron chi connectivity index (χ1n) is 16.5. The molecule has 0 unspecified atom stereocenters. The maximum atomic E-state index is 6.91. The topological polar surface area (TPSA) is 51.2 Å². The van der Waals surface area contributed by atoms with Gasteiger partial charge in [0, 0.05) is 59.7 Å². The Morgan fingerprint density at radius 1 is 0.780 bits per heavy atom. The molecule has 7 heteroatoms. The van der Waals surface area contributed by atoms with Crippen molar-refractivity contribution in [2.24, 2.45) is 17.3 Å². The lowest BCUT2D eigenvalue weighted by Gasteiger charge is -2.60. The molecular formula is C34H50N2O4S. The van der Waals surface area contributed by atoms with Gasteiger partial charge in [-0.1, -0.05) is 13.8 Å². The summed E-state index contributed by atoms with van der Waals surface area (Å²) in [5.41, 5.74) is 2.77. The largest absolute Gasteiger partial charge is 0.472 e. The number of thioether (sulfide) groups is 1. The van der Waals surface area contributed by atoms with Crippen LogP contribution in [0.3, 0.4) is 0 Å². The summed E-state index contributed by atoms with van der Waals surface area (Å²) in [4.78, 5) is 5.64. The third kappa shape index (κ3) is 4.68. The average Bonchev–Trinajstić information content (AvgIpc) is 3.76. The van der Waals surface area contributed by atoms with Crippen LogP contribution in [0.5, 0.6) is 0 Å². The van der Waals surface area contributed by atoms with Crippen molar-refractivity contribution >= 4 is 11.8 Å². The van der Waals surface area contributed by atoms with Crippen molar-refractivity contribution in [1.29, 1.82) is 0 Å². The maximum absolute atomic E-state index is 6.91. The fourth-order valence-electron chi connectivity index (χ4n) is 9.83. The van der Waals surface area contributed by atoms with Gasteiger partial charge in [-0.25, -0.2) is 0 Å². The van der Waals surface area contributed by atoms with Crippen LogP contribution >= 0.6 is 11.8 Å². The highest BCUT2D eigenvalue weighted by Crippen LogP contribution is 2.64. The summed E-state index contributed by atoms with van der Waals surface area (Å²) in [7, 11) is 0. The van der Waals surface area contributed by atoms with E-state index in [-0.39, 0.29) is 22.6 Å². The molecule has 7 heterocycles. The quantitative estimate of drug-likeness (QED) is 0.342. The highest BCUT2D eigenvalue weighted by molar-refractivity contribution is 8.01. The molecule has 5 aliphatic rings. The Hall–Kier alpha value is -1.25. The zero-order valence-corrected chi connectivity index (χ0v) is 26.3. The molecule has 2 spiro atoms. The molecule has 7 rings (SSSR count). The Labute approximate surface area is 250 Å². The predicted octanol–water partition coefficient (Wildman–Crippen LogP) is 8.03. The normalized spacial score (nSPS) is 43.4. The number of hydrogen-bond acceptors (Lipinski definition) is 7. The molecule has 10 atom stereocenters. The monoisotopic (exact) mass is 582 g/mol. The van der Waals surface area contributed by atoms with E-state index >= 15 is 0 Å². The van der Waals surface area contributed by atoms with Crippen molar-refractivity contribution in [2.45, 2.75) is 127 Å². The molecule has 0 radical (unpaired) electrons.